The van der Waals surface area contributed by atoms with Crippen LogP contribution in [0.2, 0.25) is 0 Å². The summed E-state index contributed by atoms with van der Waals surface area (Å²) in [5, 5.41) is 7.96. The van der Waals surface area contributed by atoms with E-state index in [0.717, 1.165) is 11.4 Å². The van der Waals surface area contributed by atoms with Crippen molar-refractivity contribution in [1.82, 2.24) is 19.9 Å². The Morgan fingerprint density at radius 3 is 2.74 bits per heavy atom. The first kappa shape index (κ1) is 12.6. The van der Waals surface area contributed by atoms with Gasteiger partial charge in [0.25, 0.3) is 0 Å². The maximum absolute atomic E-state index is 4.44. The SMILES string of the molecule is CNC(c1cnn2ccncc12)C1CCCCCC1. The van der Waals surface area contributed by atoms with Crippen molar-refractivity contribution in [2.45, 2.75) is 44.6 Å². The maximum atomic E-state index is 4.44. The standard InChI is InChI=1S/C15H22N4/c1-16-15(12-6-4-2-3-5-7-12)13-10-18-19-9-8-17-11-14(13)19/h8-12,15-16H,2-7H2,1H3. The summed E-state index contributed by atoms with van der Waals surface area (Å²) in [5.41, 5.74) is 2.42. The summed E-state index contributed by atoms with van der Waals surface area (Å²) >= 11 is 0. The molecule has 4 heteroatoms. The van der Waals surface area contributed by atoms with Crippen molar-refractivity contribution in [1.29, 1.82) is 0 Å². The number of fused-ring (bicyclic) bond motifs is 1. The van der Waals surface area contributed by atoms with E-state index in [1.807, 2.05) is 23.1 Å². The molecule has 0 amide bonds. The van der Waals surface area contributed by atoms with Gasteiger partial charge in [-0.1, -0.05) is 25.7 Å². The van der Waals surface area contributed by atoms with Gasteiger partial charge in [-0.15, -0.1) is 0 Å². The molecule has 0 radical (unpaired) electrons. The molecule has 1 N–H and O–H groups in total. The molecule has 102 valence electrons. The third kappa shape index (κ3) is 2.50. The van der Waals surface area contributed by atoms with Crippen LogP contribution in [0.15, 0.2) is 24.8 Å². The second kappa shape index (κ2) is 5.70. The molecule has 2 heterocycles. The summed E-state index contributed by atoms with van der Waals surface area (Å²) in [4.78, 5) is 4.24. The second-order valence-electron chi connectivity index (χ2n) is 5.52. The number of rotatable bonds is 3. The van der Waals surface area contributed by atoms with E-state index in [-0.39, 0.29) is 0 Å². The van der Waals surface area contributed by atoms with Crippen molar-refractivity contribution in [3.05, 3.63) is 30.4 Å². The van der Waals surface area contributed by atoms with Crippen LogP contribution in [0.25, 0.3) is 5.52 Å². The molecule has 1 aliphatic carbocycles. The smallest absolute Gasteiger partial charge is 0.0892 e. The molecule has 0 aromatic carbocycles. The molecule has 2 aromatic rings. The van der Waals surface area contributed by atoms with Crippen LogP contribution in [0.5, 0.6) is 0 Å². The molecule has 1 atom stereocenters. The lowest BCUT2D eigenvalue weighted by Gasteiger charge is -2.25. The van der Waals surface area contributed by atoms with Crippen molar-refractivity contribution < 1.29 is 0 Å². The summed E-state index contributed by atoms with van der Waals surface area (Å²) < 4.78 is 1.92. The van der Waals surface area contributed by atoms with E-state index in [1.54, 1.807) is 6.20 Å². The minimum Gasteiger partial charge on any atom is -0.313 e. The Labute approximate surface area is 114 Å². The van der Waals surface area contributed by atoms with Crippen molar-refractivity contribution >= 4 is 5.52 Å². The number of hydrogen-bond acceptors (Lipinski definition) is 3. The maximum Gasteiger partial charge on any atom is 0.0892 e. The Balaban J connectivity index is 1.92. The van der Waals surface area contributed by atoms with E-state index in [4.69, 9.17) is 0 Å². The van der Waals surface area contributed by atoms with Gasteiger partial charge in [0.15, 0.2) is 0 Å². The Morgan fingerprint density at radius 1 is 1.21 bits per heavy atom. The average molecular weight is 258 g/mol. The van der Waals surface area contributed by atoms with Gasteiger partial charge in [0.2, 0.25) is 0 Å². The predicted molar refractivity (Wildman–Crippen MR) is 76.0 cm³/mol. The molecule has 0 saturated heterocycles. The van der Waals surface area contributed by atoms with Crippen molar-refractivity contribution in [2.75, 3.05) is 7.05 Å². The van der Waals surface area contributed by atoms with E-state index in [9.17, 15) is 0 Å². The lowest BCUT2D eigenvalue weighted by molar-refractivity contribution is 0.343. The van der Waals surface area contributed by atoms with Crippen LogP contribution in [0.4, 0.5) is 0 Å². The van der Waals surface area contributed by atoms with Gasteiger partial charge in [-0.05, 0) is 25.8 Å². The average Bonchev–Trinajstić information content (AvgIpc) is 2.69. The Hall–Kier alpha value is -1.42. The summed E-state index contributed by atoms with van der Waals surface area (Å²) in [7, 11) is 2.06. The minimum atomic E-state index is 0.403. The van der Waals surface area contributed by atoms with E-state index in [1.165, 1.54) is 44.1 Å². The van der Waals surface area contributed by atoms with E-state index < -0.39 is 0 Å². The molecular weight excluding hydrogens is 236 g/mol. The first-order valence-electron chi connectivity index (χ1n) is 7.34. The highest BCUT2D eigenvalue weighted by atomic mass is 15.2. The highest BCUT2D eigenvalue weighted by Gasteiger charge is 2.25. The van der Waals surface area contributed by atoms with Gasteiger partial charge in [0, 0.05) is 24.0 Å². The first-order chi connectivity index (χ1) is 9.40. The van der Waals surface area contributed by atoms with Crippen LogP contribution in [-0.4, -0.2) is 21.6 Å². The van der Waals surface area contributed by atoms with Crippen molar-refractivity contribution in [3.63, 3.8) is 0 Å². The topological polar surface area (TPSA) is 42.2 Å². The monoisotopic (exact) mass is 258 g/mol. The van der Waals surface area contributed by atoms with E-state index in [0.29, 0.717) is 6.04 Å². The van der Waals surface area contributed by atoms with Gasteiger partial charge in [-0.2, -0.15) is 5.10 Å². The number of nitrogens with one attached hydrogen (secondary N) is 1. The molecule has 0 aliphatic heterocycles. The molecular formula is C15H22N4. The van der Waals surface area contributed by atoms with Crippen molar-refractivity contribution in [3.8, 4) is 0 Å². The Morgan fingerprint density at radius 2 is 2.00 bits per heavy atom. The predicted octanol–water partition coefficient (Wildman–Crippen LogP) is 2.96. The fourth-order valence-corrected chi connectivity index (χ4v) is 3.38. The largest absolute Gasteiger partial charge is 0.313 e. The quantitative estimate of drug-likeness (QED) is 0.861. The minimum absolute atomic E-state index is 0.403. The van der Waals surface area contributed by atoms with Gasteiger partial charge >= 0.3 is 0 Å². The van der Waals surface area contributed by atoms with Gasteiger partial charge in [-0.3, -0.25) is 4.98 Å². The van der Waals surface area contributed by atoms with Crippen LogP contribution in [0.3, 0.4) is 0 Å². The van der Waals surface area contributed by atoms with Crippen LogP contribution >= 0.6 is 0 Å². The van der Waals surface area contributed by atoms with Gasteiger partial charge in [0.05, 0.1) is 17.9 Å². The van der Waals surface area contributed by atoms with Crippen LogP contribution < -0.4 is 5.32 Å². The van der Waals surface area contributed by atoms with Crippen LogP contribution in [0.1, 0.15) is 50.1 Å². The normalized spacial score (nSPS) is 19.4. The number of nitrogens with zero attached hydrogens (tertiary/aromatic N) is 3. The van der Waals surface area contributed by atoms with Crippen LogP contribution in [-0.2, 0) is 0 Å². The fourth-order valence-electron chi connectivity index (χ4n) is 3.38. The molecule has 3 rings (SSSR count). The molecule has 0 spiro atoms. The molecule has 2 aromatic heterocycles. The lowest BCUT2D eigenvalue weighted by Crippen LogP contribution is -2.25. The highest BCUT2D eigenvalue weighted by Crippen LogP contribution is 2.34. The Bertz CT molecular complexity index is 526. The third-order valence-corrected chi connectivity index (χ3v) is 4.37. The molecule has 1 aliphatic rings. The zero-order valence-electron chi connectivity index (χ0n) is 11.5. The lowest BCUT2D eigenvalue weighted by atomic mass is 9.88. The molecule has 19 heavy (non-hydrogen) atoms. The molecule has 4 nitrogen and oxygen atoms in total. The zero-order chi connectivity index (χ0) is 13.1. The number of hydrogen-bond donors (Lipinski definition) is 1. The highest BCUT2D eigenvalue weighted by molar-refractivity contribution is 5.53. The molecule has 1 unspecified atom stereocenters. The molecule has 0 bridgehead atoms. The van der Waals surface area contributed by atoms with E-state index in [2.05, 4.69) is 22.4 Å². The number of aromatic nitrogens is 3. The first-order valence-corrected chi connectivity index (χ1v) is 7.34. The van der Waals surface area contributed by atoms with Gasteiger partial charge in [0.1, 0.15) is 0 Å². The summed E-state index contributed by atoms with van der Waals surface area (Å²) in [5.74, 6) is 0.723. The van der Waals surface area contributed by atoms with Gasteiger partial charge < -0.3 is 5.32 Å². The summed E-state index contributed by atoms with van der Waals surface area (Å²) in [6.45, 7) is 0. The fraction of sp³-hybridized carbons (Fsp3) is 0.600. The van der Waals surface area contributed by atoms with Gasteiger partial charge in [-0.25, -0.2) is 4.52 Å². The molecule has 1 fully saturated rings. The van der Waals surface area contributed by atoms with Crippen molar-refractivity contribution in [2.24, 2.45) is 5.92 Å². The summed E-state index contributed by atoms with van der Waals surface area (Å²) in [6, 6.07) is 0.403. The van der Waals surface area contributed by atoms with E-state index >= 15 is 0 Å². The zero-order valence-corrected chi connectivity index (χ0v) is 11.5. The molecule has 1 saturated carbocycles. The van der Waals surface area contributed by atoms with Crippen LogP contribution in [0, 0.1) is 5.92 Å². The second-order valence-corrected chi connectivity index (χ2v) is 5.52. The third-order valence-electron chi connectivity index (χ3n) is 4.37. The Kier molecular flexibility index (Phi) is 3.78. The summed E-state index contributed by atoms with van der Waals surface area (Å²) in [6.07, 6.45) is 15.8.